The summed E-state index contributed by atoms with van der Waals surface area (Å²) in [5.41, 5.74) is 7.04. The Hall–Kier alpha value is -1.94. The maximum Gasteiger partial charge on any atom is 0.165 e. The normalized spacial score (nSPS) is 13.8. The van der Waals surface area contributed by atoms with Gasteiger partial charge in [-0.3, -0.25) is 0 Å². The third-order valence-electron chi connectivity index (χ3n) is 3.03. The van der Waals surface area contributed by atoms with E-state index in [4.69, 9.17) is 10.5 Å². The number of halogens is 2. The molecule has 106 valence electrons. The summed E-state index contributed by atoms with van der Waals surface area (Å²) in [5.74, 6) is -0.823. The molecule has 0 amide bonds. The van der Waals surface area contributed by atoms with Gasteiger partial charge in [0.25, 0.3) is 0 Å². The molecule has 2 rings (SSSR count). The Kier molecular flexibility index (Phi) is 4.35. The van der Waals surface area contributed by atoms with Gasteiger partial charge in [-0.05, 0) is 37.6 Å². The molecule has 0 aromatic heterocycles. The maximum absolute atomic E-state index is 13.9. The minimum Gasteiger partial charge on any atom is -0.481 e. The molecule has 0 heterocycles. The Bertz CT molecular complexity index is 599. The number of hydrogen-bond donors (Lipinski definition) is 1. The van der Waals surface area contributed by atoms with Crippen LogP contribution in [0.2, 0.25) is 0 Å². The van der Waals surface area contributed by atoms with Gasteiger partial charge >= 0.3 is 0 Å². The average molecular weight is 277 g/mol. The van der Waals surface area contributed by atoms with Crippen molar-refractivity contribution in [3.8, 4) is 5.75 Å². The largest absolute Gasteiger partial charge is 0.481 e. The van der Waals surface area contributed by atoms with Crippen molar-refractivity contribution in [1.29, 1.82) is 0 Å². The molecule has 2 N–H and O–H groups in total. The van der Waals surface area contributed by atoms with Gasteiger partial charge in [-0.15, -0.1) is 0 Å². The molecule has 4 heteroatoms. The summed E-state index contributed by atoms with van der Waals surface area (Å²) in [6.07, 6.45) is -0.743. The van der Waals surface area contributed by atoms with Crippen LogP contribution in [-0.2, 0) is 0 Å². The van der Waals surface area contributed by atoms with Crippen LogP contribution in [0.4, 0.5) is 8.78 Å². The second-order valence-corrected chi connectivity index (χ2v) is 4.85. The number of rotatable bonds is 4. The molecule has 0 spiro atoms. The zero-order valence-electron chi connectivity index (χ0n) is 11.4. The topological polar surface area (TPSA) is 35.2 Å². The molecule has 0 bridgehead atoms. The molecule has 0 radical (unpaired) electrons. The molecular weight excluding hydrogens is 260 g/mol. The lowest BCUT2D eigenvalue weighted by atomic mass is 10.0. The molecule has 0 aliphatic heterocycles. The van der Waals surface area contributed by atoms with Gasteiger partial charge < -0.3 is 10.5 Å². The summed E-state index contributed by atoms with van der Waals surface area (Å²) in [4.78, 5) is 0. The highest BCUT2D eigenvalue weighted by Gasteiger charge is 2.22. The molecule has 2 aromatic carbocycles. The molecule has 20 heavy (non-hydrogen) atoms. The summed E-state index contributed by atoms with van der Waals surface area (Å²) in [5, 5.41) is 0. The fourth-order valence-corrected chi connectivity index (χ4v) is 2.00. The fourth-order valence-electron chi connectivity index (χ4n) is 2.00. The Labute approximate surface area is 117 Å². The third-order valence-corrected chi connectivity index (χ3v) is 3.03. The number of ether oxygens (including phenoxy) is 1. The highest BCUT2D eigenvalue weighted by atomic mass is 19.1. The quantitative estimate of drug-likeness (QED) is 0.924. The van der Waals surface area contributed by atoms with Crippen molar-refractivity contribution in [1.82, 2.24) is 0 Å². The van der Waals surface area contributed by atoms with Gasteiger partial charge in [0, 0.05) is 11.6 Å². The first-order chi connectivity index (χ1) is 9.49. The molecular formula is C16H17F2NO. The molecule has 2 atom stereocenters. The Balaban J connectivity index is 2.36. The van der Waals surface area contributed by atoms with E-state index >= 15 is 0 Å². The second kappa shape index (κ2) is 6.01. The van der Waals surface area contributed by atoms with Crippen LogP contribution in [0.1, 0.15) is 24.2 Å². The van der Waals surface area contributed by atoms with E-state index in [2.05, 4.69) is 0 Å². The van der Waals surface area contributed by atoms with Crippen molar-refractivity contribution in [2.75, 3.05) is 0 Å². The molecule has 0 aliphatic rings. The lowest BCUT2D eigenvalue weighted by molar-refractivity contribution is 0.168. The van der Waals surface area contributed by atoms with Gasteiger partial charge in [-0.25, -0.2) is 8.78 Å². The molecule has 0 aliphatic carbocycles. The zero-order valence-corrected chi connectivity index (χ0v) is 11.4. The second-order valence-electron chi connectivity index (χ2n) is 4.85. The van der Waals surface area contributed by atoms with Crippen molar-refractivity contribution in [2.45, 2.75) is 26.0 Å². The fraction of sp³-hybridized carbons (Fsp3) is 0.250. The summed E-state index contributed by atoms with van der Waals surface area (Å²) in [6.45, 7) is 3.53. The number of aryl methyl sites for hydroxylation is 1. The van der Waals surface area contributed by atoms with Crippen LogP contribution in [0, 0.1) is 18.6 Å². The first-order valence-electron chi connectivity index (χ1n) is 6.42. The number of benzene rings is 2. The molecule has 0 saturated carbocycles. The van der Waals surface area contributed by atoms with Gasteiger partial charge in [0.05, 0.1) is 0 Å². The van der Waals surface area contributed by atoms with Crippen LogP contribution in [0.15, 0.2) is 42.5 Å². The van der Waals surface area contributed by atoms with Crippen molar-refractivity contribution in [3.05, 3.63) is 65.2 Å². The molecule has 2 aromatic rings. The van der Waals surface area contributed by atoms with Crippen molar-refractivity contribution >= 4 is 0 Å². The van der Waals surface area contributed by atoms with Crippen LogP contribution >= 0.6 is 0 Å². The van der Waals surface area contributed by atoms with E-state index < -0.39 is 23.8 Å². The summed E-state index contributed by atoms with van der Waals surface area (Å²) in [6, 6.07) is 10.3. The van der Waals surface area contributed by atoms with Gasteiger partial charge in [0.1, 0.15) is 11.9 Å². The van der Waals surface area contributed by atoms with E-state index in [0.29, 0.717) is 5.56 Å². The molecule has 2 unspecified atom stereocenters. The highest BCUT2D eigenvalue weighted by molar-refractivity contribution is 5.31. The van der Waals surface area contributed by atoms with Gasteiger partial charge in [0.15, 0.2) is 11.6 Å². The van der Waals surface area contributed by atoms with E-state index in [1.54, 1.807) is 37.3 Å². The minimum absolute atomic E-state index is 0.0792. The summed E-state index contributed by atoms with van der Waals surface area (Å²) in [7, 11) is 0. The molecule has 0 saturated heterocycles. The molecule has 0 fully saturated rings. The van der Waals surface area contributed by atoms with E-state index in [1.807, 2.05) is 6.92 Å². The predicted molar refractivity (Wildman–Crippen MR) is 74.6 cm³/mol. The summed E-state index contributed by atoms with van der Waals surface area (Å²) >= 11 is 0. The van der Waals surface area contributed by atoms with E-state index in [0.717, 1.165) is 5.56 Å². The van der Waals surface area contributed by atoms with Crippen LogP contribution in [0.25, 0.3) is 0 Å². The minimum atomic E-state index is -0.743. The predicted octanol–water partition coefficient (Wildman–Crippen LogP) is 3.74. The van der Waals surface area contributed by atoms with Crippen LogP contribution in [-0.4, -0.2) is 6.04 Å². The highest BCUT2D eigenvalue weighted by Crippen LogP contribution is 2.28. The van der Waals surface area contributed by atoms with E-state index in [9.17, 15) is 8.78 Å². The van der Waals surface area contributed by atoms with Gasteiger partial charge in [-0.2, -0.15) is 0 Å². The monoisotopic (exact) mass is 277 g/mol. The maximum atomic E-state index is 13.9. The average Bonchev–Trinajstić information content (AvgIpc) is 2.40. The Morgan fingerprint density at radius 3 is 2.40 bits per heavy atom. The lowest BCUT2D eigenvalue weighted by Gasteiger charge is -2.23. The molecule has 2 nitrogen and oxygen atoms in total. The first-order valence-corrected chi connectivity index (χ1v) is 6.42. The van der Waals surface area contributed by atoms with Crippen molar-refractivity contribution in [2.24, 2.45) is 5.73 Å². The van der Waals surface area contributed by atoms with Gasteiger partial charge in [-0.1, -0.05) is 24.3 Å². The standard InChI is InChI=1S/C16H17F2NO/c1-10-7-8-14(18)15(9-10)20-16(11(2)19)12-5-3-4-6-13(12)17/h3-9,11,16H,19H2,1-2H3. The summed E-state index contributed by atoms with van der Waals surface area (Å²) < 4.78 is 33.2. The van der Waals surface area contributed by atoms with Crippen LogP contribution in [0.3, 0.4) is 0 Å². The number of hydrogen-bond acceptors (Lipinski definition) is 2. The zero-order chi connectivity index (χ0) is 14.7. The smallest absolute Gasteiger partial charge is 0.165 e. The SMILES string of the molecule is Cc1ccc(F)c(OC(c2ccccc2F)C(C)N)c1. The third kappa shape index (κ3) is 3.14. The first kappa shape index (κ1) is 14.5. The van der Waals surface area contributed by atoms with Crippen molar-refractivity contribution < 1.29 is 13.5 Å². The van der Waals surface area contributed by atoms with Gasteiger partial charge in [0.2, 0.25) is 0 Å². The Morgan fingerprint density at radius 1 is 1.05 bits per heavy atom. The van der Waals surface area contributed by atoms with E-state index in [-0.39, 0.29) is 5.75 Å². The van der Waals surface area contributed by atoms with Crippen molar-refractivity contribution in [3.63, 3.8) is 0 Å². The number of nitrogens with two attached hydrogens (primary N) is 1. The Morgan fingerprint density at radius 2 is 1.75 bits per heavy atom. The van der Waals surface area contributed by atoms with Crippen LogP contribution in [0.5, 0.6) is 5.75 Å². The van der Waals surface area contributed by atoms with Crippen LogP contribution < -0.4 is 10.5 Å². The lowest BCUT2D eigenvalue weighted by Crippen LogP contribution is -2.30. The van der Waals surface area contributed by atoms with E-state index in [1.165, 1.54) is 12.1 Å².